The quantitative estimate of drug-likeness (QED) is 0.300. The van der Waals surface area contributed by atoms with Crippen LogP contribution in [0.25, 0.3) is 0 Å². The van der Waals surface area contributed by atoms with Gasteiger partial charge in [0.05, 0.1) is 12.1 Å². The van der Waals surface area contributed by atoms with Crippen molar-refractivity contribution in [1.29, 1.82) is 0 Å². The summed E-state index contributed by atoms with van der Waals surface area (Å²) < 4.78 is 0. The standard InChI is InChI=1S/C14H18N4O3/c1-14(2)13(21)16-10(19)8-18(14)11(12(20)17-15)9-6-4-3-5-7-9/h3-7,11H,8,15H2,1-2H3,(H,17,20)(H,16,19,21). The fraction of sp³-hybridized carbons (Fsp3) is 0.357. The number of hydrazine groups is 1. The van der Waals surface area contributed by atoms with Crippen molar-refractivity contribution in [3.8, 4) is 0 Å². The van der Waals surface area contributed by atoms with Gasteiger partial charge in [-0.15, -0.1) is 0 Å². The first kappa shape index (κ1) is 15.1. The van der Waals surface area contributed by atoms with Gasteiger partial charge >= 0.3 is 0 Å². The number of nitrogens with zero attached hydrogens (tertiary/aromatic N) is 1. The number of carbonyl (C=O) groups excluding carboxylic acids is 3. The third kappa shape index (κ3) is 2.79. The second kappa shape index (κ2) is 5.63. The number of hydrogen-bond acceptors (Lipinski definition) is 5. The molecule has 0 radical (unpaired) electrons. The summed E-state index contributed by atoms with van der Waals surface area (Å²) in [7, 11) is 0. The Bertz CT molecular complexity index is 571. The fourth-order valence-corrected chi connectivity index (χ4v) is 2.40. The third-order valence-electron chi connectivity index (χ3n) is 3.66. The first-order valence-corrected chi connectivity index (χ1v) is 6.54. The van der Waals surface area contributed by atoms with Crippen molar-refractivity contribution in [3.63, 3.8) is 0 Å². The lowest BCUT2D eigenvalue weighted by Crippen LogP contribution is -2.66. The van der Waals surface area contributed by atoms with Crippen molar-refractivity contribution < 1.29 is 14.4 Å². The maximum Gasteiger partial charge on any atom is 0.255 e. The van der Waals surface area contributed by atoms with Crippen LogP contribution in [-0.2, 0) is 14.4 Å². The minimum absolute atomic E-state index is 0.0638. The van der Waals surface area contributed by atoms with Crippen LogP contribution in [0.3, 0.4) is 0 Å². The van der Waals surface area contributed by atoms with Crippen LogP contribution >= 0.6 is 0 Å². The van der Waals surface area contributed by atoms with Gasteiger partial charge < -0.3 is 0 Å². The molecule has 1 aromatic rings. The van der Waals surface area contributed by atoms with E-state index in [1.807, 2.05) is 6.07 Å². The van der Waals surface area contributed by atoms with Crippen molar-refractivity contribution >= 4 is 17.7 Å². The van der Waals surface area contributed by atoms with E-state index in [1.54, 1.807) is 43.0 Å². The van der Waals surface area contributed by atoms with E-state index in [0.29, 0.717) is 5.56 Å². The largest absolute Gasteiger partial charge is 0.294 e. The normalized spacial score (nSPS) is 19.8. The Morgan fingerprint density at radius 1 is 1.33 bits per heavy atom. The molecule has 1 atom stereocenters. The van der Waals surface area contributed by atoms with Crippen molar-refractivity contribution in [2.45, 2.75) is 25.4 Å². The summed E-state index contributed by atoms with van der Waals surface area (Å²) in [4.78, 5) is 37.5. The molecule has 0 spiro atoms. The summed E-state index contributed by atoms with van der Waals surface area (Å²) in [6, 6.07) is 8.08. The Hall–Kier alpha value is -2.25. The lowest BCUT2D eigenvalue weighted by Gasteiger charge is -2.44. The summed E-state index contributed by atoms with van der Waals surface area (Å²) in [5, 5.41) is 2.28. The summed E-state index contributed by atoms with van der Waals surface area (Å²) in [5.41, 5.74) is 1.75. The fourth-order valence-electron chi connectivity index (χ4n) is 2.40. The molecule has 1 aromatic carbocycles. The lowest BCUT2D eigenvalue weighted by molar-refractivity contribution is -0.150. The van der Waals surface area contributed by atoms with Crippen LogP contribution in [0.2, 0.25) is 0 Å². The van der Waals surface area contributed by atoms with Crippen LogP contribution in [0.15, 0.2) is 30.3 Å². The zero-order chi connectivity index (χ0) is 15.6. The molecule has 0 bridgehead atoms. The minimum Gasteiger partial charge on any atom is -0.294 e. The van der Waals surface area contributed by atoms with Crippen molar-refractivity contribution in [2.75, 3.05) is 6.54 Å². The molecule has 1 aliphatic heterocycles. The molecule has 2 rings (SSSR count). The highest BCUT2D eigenvalue weighted by atomic mass is 16.2. The van der Waals surface area contributed by atoms with E-state index in [-0.39, 0.29) is 6.54 Å². The maximum atomic E-state index is 12.2. The summed E-state index contributed by atoms with van der Waals surface area (Å²) in [6.45, 7) is 3.26. The van der Waals surface area contributed by atoms with E-state index < -0.39 is 29.3 Å². The number of nitrogens with two attached hydrogens (primary N) is 1. The smallest absolute Gasteiger partial charge is 0.255 e. The Morgan fingerprint density at radius 3 is 2.52 bits per heavy atom. The van der Waals surface area contributed by atoms with Crippen LogP contribution < -0.4 is 16.6 Å². The number of imide groups is 1. The van der Waals surface area contributed by atoms with Crippen molar-refractivity contribution in [1.82, 2.24) is 15.6 Å². The van der Waals surface area contributed by atoms with Crippen LogP contribution in [0.5, 0.6) is 0 Å². The molecule has 112 valence electrons. The van der Waals surface area contributed by atoms with E-state index in [0.717, 1.165) is 0 Å². The molecular formula is C14H18N4O3. The van der Waals surface area contributed by atoms with Crippen LogP contribution in [0.1, 0.15) is 25.5 Å². The topological polar surface area (TPSA) is 105 Å². The van der Waals surface area contributed by atoms with Gasteiger partial charge in [0.15, 0.2) is 0 Å². The molecule has 1 fully saturated rings. The maximum absolute atomic E-state index is 12.2. The van der Waals surface area contributed by atoms with Gasteiger partial charge in [-0.05, 0) is 19.4 Å². The lowest BCUT2D eigenvalue weighted by atomic mass is 9.93. The summed E-state index contributed by atoms with van der Waals surface area (Å²) in [6.07, 6.45) is 0. The number of hydrogen-bond donors (Lipinski definition) is 3. The second-order valence-electron chi connectivity index (χ2n) is 5.39. The molecule has 4 N–H and O–H groups in total. The Labute approximate surface area is 122 Å². The van der Waals surface area contributed by atoms with Gasteiger partial charge in [0.2, 0.25) is 11.8 Å². The average Bonchev–Trinajstić information content (AvgIpc) is 2.45. The van der Waals surface area contributed by atoms with Crippen LogP contribution in [-0.4, -0.2) is 34.7 Å². The van der Waals surface area contributed by atoms with E-state index in [4.69, 9.17) is 5.84 Å². The van der Waals surface area contributed by atoms with E-state index in [2.05, 4.69) is 10.7 Å². The second-order valence-corrected chi connectivity index (χ2v) is 5.39. The van der Waals surface area contributed by atoms with E-state index >= 15 is 0 Å². The first-order valence-electron chi connectivity index (χ1n) is 6.54. The average molecular weight is 290 g/mol. The predicted octanol–water partition coefficient (Wildman–Crippen LogP) is -0.545. The molecule has 1 aliphatic rings. The van der Waals surface area contributed by atoms with E-state index in [9.17, 15) is 14.4 Å². The molecule has 7 heteroatoms. The van der Waals surface area contributed by atoms with Gasteiger partial charge in [-0.3, -0.25) is 30.0 Å². The number of rotatable bonds is 3. The van der Waals surface area contributed by atoms with Gasteiger partial charge in [0.1, 0.15) is 6.04 Å². The minimum atomic E-state index is -1.01. The van der Waals surface area contributed by atoms with Gasteiger partial charge in [0, 0.05) is 0 Å². The molecular weight excluding hydrogens is 272 g/mol. The van der Waals surface area contributed by atoms with Gasteiger partial charge in [-0.1, -0.05) is 30.3 Å². The highest BCUT2D eigenvalue weighted by Crippen LogP contribution is 2.30. The summed E-state index contributed by atoms with van der Waals surface area (Å²) in [5.74, 6) is 3.91. The Kier molecular flexibility index (Phi) is 4.06. The molecule has 1 heterocycles. The zero-order valence-corrected chi connectivity index (χ0v) is 11.9. The molecule has 3 amide bonds. The predicted molar refractivity (Wildman–Crippen MR) is 75.4 cm³/mol. The number of amides is 3. The Balaban J connectivity index is 2.47. The van der Waals surface area contributed by atoms with Gasteiger partial charge in [0.25, 0.3) is 5.91 Å². The highest BCUT2D eigenvalue weighted by Gasteiger charge is 2.46. The van der Waals surface area contributed by atoms with Gasteiger partial charge in [-0.25, -0.2) is 5.84 Å². The van der Waals surface area contributed by atoms with Crippen molar-refractivity contribution in [2.24, 2.45) is 5.84 Å². The molecule has 0 saturated carbocycles. The summed E-state index contributed by atoms with van der Waals surface area (Å²) >= 11 is 0. The zero-order valence-electron chi connectivity index (χ0n) is 11.9. The number of carbonyl (C=O) groups is 3. The molecule has 1 saturated heterocycles. The number of benzene rings is 1. The molecule has 0 aromatic heterocycles. The molecule has 1 unspecified atom stereocenters. The highest BCUT2D eigenvalue weighted by molar-refractivity contribution is 6.03. The Morgan fingerprint density at radius 2 is 1.95 bits per heavy atom. The third-order valence-corrected chi connectivity index (χ3v) is 3.66. The van der Waals surface area contributed by atoms with Crippen LogP contribution in [0, 0.1) is 0 Å². The first-order chi connectivity index (χ1) is 9.87. The van der Waals surface area contributed by atoms with Crippen LogP contribution in [0.4, 0.5) is 0 Å². The SMILES string of the molecule is CC1(C)C(=O)NC(=O)CN1C(C(=O)NN)c1ccccc1. The molecule has 7 nitrogen and oxygen atoms in total. The van der Waals surface area contributed by atoms with Gasteiger partial charge in [-0.2, -0.15) is 0 Å². The number of piperazine rings is 1. The molecule has 0 aliphatic carbocycles. The molecule has 21 heavy (non-hydrogen) atoms. The van der Waals surface area contributed by atoms with Crippen molar-refractivity contribution in [3.05, 3.63) is 35.9 Å². The number of nitrogens with one attached hydrogen (secondary N) is 2. The van der Waals surface area contributed by atoms with E-state index in [1.165, 1.54) is 0 Å². The monoisotopic (exact) mass is 290 g/mol.